The molecule has 0 spiro atoms. The highest BCUT2D eigenvalue weighted by atomic mass is 35.5. The van der Waals surface area contributed by atoms with Crippen LogP contribution in [0.25, 0.3) is 0 Å². The summed E-state index contributed by atoms with van der Waals surface area (Å²) in [6.45, 7) is 2.16. The van der Waals surface area contributed by atoms with E-state index < -0.39 is 0 Å². The lowest BCUT2D eigenvalue weighted by molar-refractivity contribution is 0.593. The Bertz CT molecular complexity index is 170. The summed E-state index contributed by atoms with van der Waals surface area (Å²) in [4.78, 5) is 0. The van der Waals surface area contributed by atoms with Crippen molar-refractivity contribution in [3.05, 3.63) is 24.3 Å². The second-order valence-corrected chi connectivity index (χ2v) is 4.60. The van der Waals surface area contributed by atoms with Crippen LogP contribution in [0, 0.1) is 0 Å². The van der Waals surface area contributed by atoms with Crippen molar-refractivity contribution in [1.82, 2.24) is 0 Å². The molecule has 0 aromatic heterocycles. The number of rotatable bonds is 11. The molecule has 0 amide bonds. The van der Waals surface area contributed by atoms with Crippen molar-refractivity contribution in [2.75, 3.05) is 5.88 Å². The summed E-state index contributed by atoms with van der Waals surface area (Å²) in [5, 5.41) is 0. The standard InChI is InChI=1S/C15H27Cl/c1-2-3-4-5-6-7-8-9-10-11-12-13-14-15-16/h3-6H,2,7-15H2,1H3. The highest BCUT2D eigenvalue weighted by Crippen LogP contribution is 2.09. The molecule has 0 radical (unpaired) electrons. The molecule has 0 nitrogen and oxygen atoms in total. The van der Waals surface area contributed by atoms with Gasteiger partial charge in [0.05, 0.1) is 0 Å². The van der Waals surface area contributed by atoms with Gasteiger partial charge in [-0.15, -0.1) is 11.6 Å². The third-order valence-corrected chi connectivity index (χ3v) is 2.89. The number of hydrogen-bond donors (Lipinski definition) is 0. The minimum atomic E-state index is 0.829. The second-order valence-electron chi connectivity index (χ2n) is 4.22. The smallest absolute Gasteiger partial charge is 0.0223 e. The summed E-state index contributed by atoms with van der Waals surface area (Å²) < 4.78 is 0. The lowest BCUT2D eigenvalue weighted by Crippen LogP contribution is -1.80. The summed E-state index contributed by atoms with van der Waals surface area (Å²) in [6.07, 6.45) is 20.5. The third kappa shape index (κ3) is 13.8. The van der Waals surface area contributed by atoms with Gasteiger partial charge >= 0.3 is 0 Å². The van der Waals surface area contributed by atoms with Crippen LogP contribution in [0.4, 0.5) is 0 Å². The van der Waals surface area contributed by atoms with E-state index in [2.05, 4.69) is 31.2 Å². The fraction of sp³-hybridized carbons (Fsp3) is 0.733. The van der Waals surface area contributed by atoms with Crippen molar-refractivity contribution < 1.29 is 0 Å². The van der Waals surface area contributed by atoms with E-state index in [0.29, 0.717) is 0 Å². The van der Waals surface area contributed by atoms with Gasteiger partial charge in [-0.2, -0.15) is 0 Å². The maximum absolute atomic E-state index is 5.62. The van der Waals surface area contributed by atoms with Crippen LogP contribution in [0.5, 0.6) is 0 Å². The number of hydrogen-bond acceptors (Lipinski definition) is 0. The summed E-state index contributed by atoms with van der Waals surface area (Å²) in [7, 11) is 0. The van der Waals surface area contributed by atoms with Gasteiger partial charge in [-0.3, -0.25) is 0 Å². The average molecular weight is 243 g/mol. The highest BCUT2D eigenvalue weighted by Gasteiger charge is 1.90. The molecule has 0 saturated heterocycles. The van der Waals surface area contributed by atoms with E-state index >= 15 is 0 Å². The van der Waals surface area contributed by atoms with Crippen LogP contribution in [0.3, 0.4) is 0 Å². The molecule has 0 unspecified atom stereocenters. The van der Waals surface area contributed by atoms with Crippen molar-refractivity contribution in [1.29, 1.82) is 0 Å². The van der Waals surface area contributed by atoms with Gasteiger partial charge in [0, 0.05) is 5.88 Å². The number of allylic oxidation sites excluding steroid dienone is 4. The molecule has 16 heavy (non-hydrogen) atoms. The van der Waals surface area contributed by atoms with Crippen LogP contribution < -0.4 is 0 Å². The van der Waals surface area contributed by atoms with Crippen LogP contribution in [0.2, 0.25) is 0 Å². The van der Waals surface area contributed by atoms with Crippen molar-refractivity contribution in [2.24, 2.45) is 0 Å². The maximum Gasteiger partial charge on any atom is 0.0223 e. The van der Waals surface area contributed by atoms with E-state index in [1.54, 1.807) is 0 Å². The fourth-order valence-electron chi connectivity index (χ4n) is 1.63. The van der Waals surface area contributed by atoms with Gasteiger partial charge in [0.2, 0.25) is 0 Å². The zero-order valence-corrected chi connectivity index (χ0v) is 11.5. The number of unbranched alkanes of at least 4 members (excludes halogenated alkanes) is 7. The summed E-state index contributed by atoms with van der Waals surface area (Å²) in [6, 6.07) is 0. The lowest BCUT2D eigenvalue weighted by atomic mass is 10.1. The lowest BCUT2D eigenvalue weighted by Gasteiger charge is -1.99. The van der Waals surface area contributed by atoms with Crippen LogP contribution >= 0.6 is 11.6 Å². The van der Waals surface area contributed by atoms with E-state index in [-0.39, 0.29) is 0 Å². The number of alkyl halides is 1. The minimum Gasteiger partial charge on any atom is -0.127 e. The summed E-state index contributed by atoms with van der Waals surface area (Å²) in [5.74, 6) is 0.829. The minimum absolute atomic E-state index is 0.829. The Morgan fingerprint density at radius 3 is 1.94 bits per heavy atom. The molecular weight excluding hydrogens is 216 g/mol. The normalized spacial score (nSPS) is 11.9. The highest BCUT2D eigenvalue weighted by molar-refractivity contribution is 6.17. The van der Waals surface area contributed by atoms with Crippen LogP contribution in [-0.4, -0.2) is 5.88 Å². The molecule has 94 valence electrons. The van der Waals surface area contributed by atoms with E-state index in [1.807, 2.05) is 0 Å². The Hall–Kier alpha value is -0.230. The van der Waals surface area contributed by atoms with Gasteiger partial charge in [0.1, 0.15) is 0 Å². The van der Waals surface area contributed by atoms with Gasteiger partial charge in [-0.1, -0.05) is 63.3 Å². The molecule has 0 N–H and O–H groups in total. The van der Waals surface area contributed by atoms with Gasteiger partial charge < -0.3 is 0 Å². The van der Waals surface area contributed by atoms with Gasteiger partial charge in [0.15, 0.2) is 0 Å². The van der Waals surface area contributed by atoms with Crippen molar-refractivity contribution >= 4 is 11.6 Å². The zero-order chi connectivity index (χ0) is 11.9. The molecule has 0 bridgehead atoms. The van der Waals surface area contributed by atoms with E-state index in [4.69, 9.17) is 11.6 Å². The molecule has 0 heterocycles. The second kappa shape index (κ2) is 14.8. The monoisotopic (exact) mass is 242 g/mol. The molecule has 0 saturated carbocycles. The topological polar surface area (TPSA) is 0 Å². The van der Waals surface area contributed by atoms with Gasteiger partial charge in [0.25, 0.3) is 0 Å². The molecule has 0 aromatic carbocycles. The molecule has 0 aromatic rings. The van der Waals surface area contributed by atoms with Crippen LogP contribution in [-0.2, 0) is 0 Å². The molecule has 0 aliphatic rings. The summed E-state index contributed by atoms with van der Waals surface area (Å²) >= 11 is 5.62. The first-order valence-electron chi connectivity index (χ1n) is 6.79. The largest absolute Gasteiger partial charge is 0.127 e. The zero-order valence-electron chi connectivity index (χ0n) is 10.8. The summed E-state index contributed by atoms with van der Waals surface area (Å²) in [5.41, 5.74) is 0. The molecule has 0 aliphatic carbocycles. The molecule has 0 rings (SSSR count). The van der Waals surface area contributed by atoms with Crippen molar-refractivity contribution in [3.63, 3.8) is 0 Å². The van der Waals surface area contributed by atoms with Crippen molar-refractivity contribution in [2.45, 2.75) is 64.7 Å². The molecule has 1 heteroatoms. The molecular formula is C15H27Cl. The number of halogens is 1. The Morgan fingerprint density at radius 2 is 1.31 bits per heavy atom. The van der Waals surface area contributed by atoms with E-state index in [9.17, 15) is 0 Å². The quantitative estimate of drug-likeness (QED) is 0.242. The molecule has 0 aliphatic heterocycles. The van der Waals surface area contributed by atoms with Gasteiger partial charge in [-0.25, -0.2) is 0 Å². The molecule has 0 atom stereocenters. The first-order valence-corrected chi connectivity index (χ1v) is 7.33. The van der Waals surface area contributed by atoms with Crippen molar-refractivity contribution in [3.8, 4) is 0 Å². The van der Waals surface area contributed by atoms with E-state index in [0.717, 1.165) is 12.3 Å². The van der Waals surface area contributed by atoms with Crippen LogP contribution in [0.1, 0.15) is 64.7 Å². The SMILES string of the molecule is CCC=CC=CCCCCCCCCCCl. The Balaban J connectivity index is 3.03. The first-order chi connectivity index (χ1) is 7.91. The predicted octanol–water partition coefficient (Wildman–Crippen LogP) is 5.87. The Kier molecular flexibility index (Phi) is 14.6. The predicted molar refractivity (Wildman–Crippen MR) is 76.2 cm³/mol. The molecule has 0 fully saturated rings. The Labute approximate surface area is 107 Å². The van der Waals surface area contributed by atoms with E-state index in [1.165, 1.54) is 51.4 Å². The fourth-order valence-corrected chi connectivity index (χ4v) is 1.82. The first kappa shape index (κ1) is 15.8. The maximum atomic E-state index is 5.62. The average Bonchev–Trinajstić information content (AvgIpc) is 2.31. The Morgan fingerprint density at radius 1 is 0.750 bits per heavy atom. The van der Waals surface area contributed by atoms with Crippen LogP contribution in [0.15, 0.2) is 24.3 Å². The third-order valence-electron chi connectivity index (χ3n) is 2.62. The van der Waals surface area contributed by atoms with Gasteiger partial charge in [-0.05, 0) is 25.7 Å².